The molecule has 2 aromatic rings. The van der Waals surface area contributed by atoms with E-state index in [1.807, 2.05) is 13.0 Å². The second-order valence-electron chi connectivity index (χ2n) is 7.76. The first-order chi connectivity index (χ1) is 14.8. The highest BCUT2D eigenvalue weighted by Gasteiger charge is 2.22. The number of amides is 1. The Morgan fingerprint density at radius 2 is 1.71 bits per heavy atom. The summed E-state index contributed by atoms with van der Waals surface area (Å²) in [5, 5.41) is 0.407. The van der Waals surface area contributed by atoms with Gasteiger partial charge in [0.05, 0.1) is 4.88 Å². The van der Waals surface area contributed by atoms with Crippen LogP contribution in [0.15, 0.2) is 30.3 Å². The first-order valence-electron chi connectivity index (χ1n) is 10.4. The number of hydrogen-bond donors (Lipinski definition) is 0. The molecular weight excluding hydrogens is 439 g/mol. The Morgan fingerprint density at radius 1 is 1.00 bits per heavy atom. The lowest BCUT2D eigenvalue weighted by molar-refractivity contribution is -0.134. The summed E-state index contributed by atoms with van der Waals surface area (Å²) in [6.07, 6.45) is 0.711. The summed E-state index contributed by atoms with van der Waals surface area (Å²) in [5.74, 6) is -0.465. The van der Waals surface area contributed by atoms with E-state index >= 15 is 0 Å². The molecule has 0 unspecified atom stereocenters. The molecule has 5 nitrogen and oxygen atoms in total. The molecule has 0 spiro atoms. The number of carbonyl (C=O) groups excluding carboxylic acids is 3. The molecule has 1 saturated heterocycles. The van der Waals surface area contributed by atoms with E-state index in [2.05, 4.69) is 4.90 Å². The summed E-state index contributed by atoms with van der Waals surface area (Å²) in [6, 6.07) is 8.08. The topological polar surface area (TPSA) is 57.7 Å². The second-order valence-corrected chi connectivity index (χ2v) is 9.46. The fourth-order valence-electron chi connectivity index (χ4n) is 3.54. The van der Waals surface area contributed by atoms with E-state index < -0.39 is 0 Å². The van der Waals surface area contributed by atoms with Gasteiger partial charge in [0.15, 0.2) is 5.78 Å². The van der Waals surface area contributed by atoms with E-state index in [0.717, 1.165) is 10.4 Å². The Hall–Kier alpha value is -2.09. The minimum Gasteiger partial charge on any atom is -0.340 e. The number of Topliss-reactive ketones (excluding diaryl/α,β-unsaturated/α-hetero) is 2. The van der Waals surface area contributed by atoms with Crippen LogP contribution < -0.4 is 0 Å². The number of hydrogen-bond acceptors (Lipinski definition) is 5. The molecule has 3 rings (SSSR count). The molecule has 0 aliphatic carbocycles. The van der Waals surface area contributed by atoms with E-state index in [0.29, 0.717) is 42.6 Å². The monoisotopic (exact) mass is 464 g/mol. The molecule has 1 aromatic carbocycles. The average molecular weight is 465 g/mol. The Bertz CT molecular complexity index is 954. The van der Waals surface area contributed by atoms with Crippen molar-refractivity contribution < 1.29 is 18.8 Å². The molecule has 1 aliphatic heterocycles. The van der Waals surface area contributed by atoms with E-state index in [4.69, 9.17) is 11.6 Å². The SMILES string of the molecule is Cc1ccc(C(=O)CCC(=O)CCC(=O)N2CCN(Cc3ccc(F)cc3Cl)CC2)s1. The zero-order chi connectivity index (χ0) is 22.4. The molecule has 0 N–H and O–H groups in total. The van der Waals surface area contributed by atoms with Gasteiger partial charge in [0.2, 0.25) is 5.91 Å². The Kier molecular flexibility index (Phi) is 8.35. The van der Waals surface area contributed by atoms with Crippen LogP contribution in [-0.2, 0) is 16.1 Å². The summed E-state index contributed by atoms with van der Waals surface area (Å²) < 4.78 is 13.2. The molecule has 1 fully saturated rings. The fraction of sp³-hybridized carbons (Fsp3) is 0.435. The second kappa shape index (κ2) is 11.0. The van der Waals surface area contributed by atoms with Crippen LogP contribution in [0.4, 0.5) is 4.39 Å². The summed E-state index contributed by atoms with van der Waals surface area (Å²) in [5.41, 5.74) is 0.862. The van der Waals surface area contributed by atoms with Crippen molar-refractivity contribution in [2.24, 2.45) is 0 Å². The van der Waals surface area contributed by atoms with Gasteiger partial charge in [-0.1, -0.05) is 17.7 Å². The predicted octanol–water partition coefficient (Wildman–Crippen LogP) is 4.51. The number of carbonyl (C=O) groups is 3. The van der Waals surface area contributed by atoms with Crippen molar-refractivity contribution >= 4 is 40.4 Å². The predicted molar refractivity (Wildman–Crippen MR) is 120 cm³/mol. The first-order valence-corrected chi connectivity index (χ1v) is 11.6. The quantitative estimate of drug-likeness (QED) is 0.512. The molecule has 0 saturated carbocycles. The average Bonchev–Trinajstić information content (AvgIpc) is 3.19. The number of nitrogens with zero attached hydrogens (tertiary/aromatic N) is 2. The van der Waals surface area contributed by atoms with Gasteiger partial charge in [0, 0.05) is 68.3 Å². The lowest BCUT2D eigenvalue weighted by Gasteiger charge is -2.35. The maximum Gasteiger partial charge on any atom is 0.223 e. The van der Waals surface area contributed by atoms with Gasteiger partial charge in [-0.05, 0) is 36.8 Å². The molecular formula is C23H26ClFN2O3S. The summed E-state index contributed by atoms with van der Waals surface area (Å²) in [6.45, 7) is 5.11. The van der Waals surface area contributed by atoms with Crippen molar-refractivity contribution in [1.82, 2.24) is 9.80 Å². The highest BCUT2D eigenvalue weighted by molar-refractivity contribution is 7.14. The van der Waals surface area contributed by atoms with Crippen molar-refractivity contribution in [2.75, 3.05) is 26.2 Å². The molecule has 166 valence electrons. The van der Waals surface area contributed by atoms with Crippen LogP contribution in [0.25, 0.3) is 0 Å². The highest BCUT2D eigenvalue weighted by Crippen LogP contribution is 2.20. The number of ketones is 2. The minimum atomic E-state index is -0.357. The lowest BCUT2D eigenvalue weighted by Crippen LogP contribution is -2.48. The van der Waals surface area contributed by atoms with E-state index in [9.17, 15) is 18.8 Å². The van der Waals surface area contributed by atoms with Crippen molar-refractivity contribution in [3.05, 3.63) is 56.5 Å². The van der Waals surface area contributed by atoms with Crippen molar-refractivity contribution in [2.45, 2.75) is 39.2 Å². The van der Waals surface area contributed by atoms with Gasteiger partial charge in [-0.15, -0.1) is 11.3 Å². The van der Waals surface area contributed by atoms with Crippen LogP contribution in [0.3, 0.4) is 0 Å². The maximum atomic E-state index is 13.2. The van der Waals surface area contributed by atoms with E-state index in [1.54, 1.807) is 17.0 Å². The lowest BCUT2D eigenvalue weighted by atomic mass is 10.1. The fourth-order valence-corrected chi connectivity index (χ4v) is 4.60. The normalized spacial score (nSPS) is 14.6. The number of piperazine rings is 1. The molecule has 1 amide bonds. The number of rotatable bonds is 9. The van der Waals surface area contributed by atoms with Crippen molar-refractivity contribution in [1.29, 1.82) is 0 Å². The molecule has 8 heteroatoms. The molecule has 31 heavy (non-hydrogen) atoms. The largest absolute Gasteiger partial charge is 0.340 e. The number of thiophene rings is 1. The van der Waals surface area contributed by atoms with Crippen LogP contribution >= 0.6 is 22.9 Å². The molecule has 0 radical (unpaired) electrons. The first kappa shape index (κ1) is 23.6. The third-order valence-electron chi connectivity index (χ3n) is 5.40. The zero-order valence-corrected chi connectivity index (χ0v) is 19.1. The summed E-state index contributed by atoms with van der Waals surface area (Å²) >= 11 is 7.53. The Morgan fingerprint density at radius 3 is 2.35 bits per heavy atom. The van der Waals surface area contributed by atoms with Gasteiger partial charge in [-0.2, -0.15) is 0 Å². The summed E-state index contributed by atoms with van der Waals surface area (Å²) in [7, 11) is 0. The number of halogens is 2. The number of benzene rings is 1. The molecule has 2 heterocycles. The Labute approximate surface area is 190 Å². The van der Waals surface area contributed by atoms with Crippen LogP contribution in [0.2, 0.25) is 5.02 Å². The molecule has 0 bridgehead atoms. The maximum absolute atomic E-state index is 13.2. The van der Waals surface area contributed by atoms with Crippen molar-refractivity contribution in [3.8, 4) is 0 Å². The van der Waals surface area contributed by atoms with Crippen molar-refractivity contribution in [3.63, 3.8) is 0 Å². The third-order valence-corrected chi connectivity index (χ3v) is 6.79. The zero-order valence-electron chi connectivity index (χ0n) is 17.5. The van der Waals surface area contributed by atoms with Gasteiger partial charge in [-0.25, -0.2) is 4.39 Å². The van der Waals surface area contributed by atoms with Crippen LogP contribution in [-0.4, -0.2) is 53.5 Å². The standard InChI is InChI=1S/C23H26ClFN2O3S/c1-16-2-8-22(31-16)21(29)7-5-19(28)6-9-23(30)27-12-10-26(11-13-27)15-17-3-4-18(25)14-20(17)24/h2-4,8,14H,5-7,9-13,15H2,1H3. The number of aryl methyl sites for hydroxylation is 1. The minimum absolute atomic E-state index is 0.0184. The van der Waals surface area contributed by atoms with Gasteiger partial charge < -0.3 is 4.90 Å². The third kappa shape index (κ3) is 6.95. The smallest absolute Gasteiger partial charge is 0.223 e. The van der Waals surface area contributed by atoms with Gasteiger partial charge in [0.1, 0.15) is 11.6 Å². The van der Waals surface area contributed by atoms with Gasteiger partial charge in [0.25, 0.3) is 0 Å². The van der Waals surface area contributed by atoms with E-state index in [1.165, 1.54) is 23.5 Å². The molecule has 1 aromatic heterocycles. The highest BCUT2D eigenvalue weighted by atomic mass is 35.5. The Balaban J connectivity index is 1.35. The van der Waals surface area contributed by atoms with Gasteiger partial charge >= 0.3 is 0 Å². The summed E-state index contributed by atoms with van der Waals surface area (Å²) in [4.78, 5) is 42.4. The van der Waals surface area contributed by atoms with Crippen LogP contribution in [0.5, 0.6) is 0 Å². The van der Waals surface area contributed by atoms with Crippen LogP contribution in [0.1, 0.15) is 45.8 Å². The van der Waals surface area contributed by atoms with Gasteiger partial charge in [-0.3, -0.25) is 19.3 Å². The van der Waals surface area contributed by atoms with E-state index in [-0.39, 0.29) is 49.0 Å². The molecule has 0 atom stereocenters. The molecule has 1 aliphatic rings. The van der Waals surface area contributed by atoms with Crippen LogP contribution in [0, 0.1) is 12.7 Å².